The molecule has 2 aliphatic heterocycles. The summed E-state index contributed by atoms with van der Waals surface area (Å²) in [6.45, 7) is 3.14. The minimum atomic E-state index is -0.288. The van der Waals surface area contributed by atoms with Crippen molar-refractivity contribution >= 4 is 23.3 Å². The van der Waals surface area contributed by atoms with Crippen LogP contribution < -0.4 is 10.8 Å². The summed E-state index contributed by atoms with van der Waals surface area (Å²) in [6.07, 6.45) is 4.36. The summed E-state index contributed by atoms with van der Waals surface area (Å²) in [5.41, 5.74) is 7.19. The number of hydroxylamine groups is 1. The van der Waals surface area contributed by atoms with E-state index in [2.05, 4.69) is 29.0 Å². The molecule has 0 fully saturated rings. The minimum Gasteiger partial charge on any atom is -0.453 e. The highest BCUT2D eigenvalue weighted by molar-refractivity contribution is 5.74. The van der Waals surface area contributed by atoms with Gasteiger partial charge in [0.05, 0.1) is 19.4 Å². The highest BCUT2D eigenvalue weighted by Gasteiger charge is 2.19. The average molecular weight is 357 g/mol. The Morgan fingerprint density at radius 1 is 1.31 bits per heavy atom. The summed E-state index contributed by atoms with van der Waals surface area (Å²) >= 11 is 0. The first-order valence-corrected chi connectivity index (χ1v) is 8.57. The van der Waals surface area contributed by atoms with Gasteiger partial charge in [-0.25, -0.2) is 4.79 Å². The highest BCUT2D eigenvalue weighted by atomic mass is 16.7. The fourth-order valence-corrected chi connectivity index (χ4v) is 2.98. The molecule has 1 aromatic carbocycles. The Balaban J connectivity index is 1.62. The topological polar surface area (TPSA) is 79.9 Å². The molecule has 7 nitrogen and oxygen atoms in total. The third-order valence-corrected chi connectivity index (χ3v) is 4.43. The van der Waals surface area contributed by atoms with Crippen LogP contribution in [0.5, 0.6) is 0 Å². The third kappa shape index (κ3) is 4.23. The summed E-state index contributed by atoms with van der Waals surface area (Å²) in [6, 6.07) is 8.20. The van der Waals surface area contributed by atoms with Crippen molar-refractivity contribution < 1.29 is 19.2 Å². The molecule has 0 aliphatic carbocycles. The van der Waals surface area contributed by atoms with Crippen molar-refractivity contribution in [3.8, 4) is 0 Å². The van der Waals surface area contributed by atoms with E-state index in [0.717, 1.165) is 23.2 Å². The van der Waals surface area contributed by atoms with Crippen molar-refractivity contribution in [1.29, 1.82) is 0 Å². The van der Waals surface area contributed by atoms with Crippen molar-refractivity contribution in [3.05, 3.63) is 47.5 Å². The lowest BCUT2D eigenvalue weighted by atomic mass is 9.98. The fraction of sp³-hybridized carbons (Fsp3) is 0.368. The molecule has 1 unspecified atom stereocenters. The maximum atomic E-state index is 11.5. The second-order valence-corrected chi connectivity index (χ2v) is 6.25. The molecule has 138 valence electrons. The molecular weight excluding hydrogens is 334 g/mol. The quantitative estimate of drug-likeness (QED) is 0.861. The lowest BCUT2D eigenvalue weighted by molar-refractivity contribution is -0.119. The van der Waals surface area contributed by atoms with Crippen LogP contribution in [0.3, 0.4) is 0 Å². The van der Waals surface area contributed by atoms with Crippen LogP contribution in [-0.2, 0) is 14.4 Å². The number of carbonyl (C=O) groups is 2. The van der Waals surface area contributed by atoms with Crippen LogP contribution in [0.15, 0.2) is 36.4 Å². The number of benzene rings is 1. The van der Waals surface area contributed by atoms with Crippen LogP contribution >= 0.6 is 0 Å². The van der Waals surface area contributed by atoms with Gasteiger partial charge in [-0.05, 0) is 29.2 Å². The van der Waals surface area contributed by atoms with Gasteiger partial charge in [0.15, 0.2) is 0 Å². The Bertz CT molecular complexity index is 740. The van der Waals surface area contributed by atoms with Gasteiger partial charge in [-0.15, -0.1) is 0 Å². The molecule has 2 heterocycles. The number of nitrogens with zero attached hydrogens (tertiary/aromatic N) is 1. The van der Waals surface area contributed by atoms with E-state index >= 15 is 0 Å². The number of ether oxygens (including phenoxy) is 1. The number of hydrogen-bond acceptors (Lipinski definition) is 5. The van der Waals surface area contributed by atoms with Gasteiger partial charge in [-0.3, -0.25) is 15.1 Å². The molecule has 0 bridgehead atoms. The number of hydrogen-bond donors (Lipinski definition) is 2. The van der Waals surface area contributed by atoms with Gasteiger partial charge in [-0.1, -0.05) is 30.3 Å². The van der Waals surface area contributed by atoms with E-state index < -0.39 is 0 Å². The largest absolute Gasteiger partial charge is 0.453 e. The van der Waals surface area contributed by atoms with E-state index in [1.54, 1.807) is 4.90 Å². The lowest BCUT2D eigenvalue weighted by Crippen LogP contribution is -2.34. The molecule has 0 spiro atoms. The van der Waals surface area contributed by atoms with Crippen LogP contribution in [0.4, 0.5) is 4.79 Å². The second-order valence-electron chi connectivity index (χ2n) is 6.25. The number of methoxy groups -OCH3 is 1. The second kappa shape index (κ2) is 8.05. The third-order valence-electron chi connectivity index (χ3n) is 4.43. The first kappa shape index (κ1) is 18.0. The summed E-state index contributed by atoms with van der Waals surface area (Å²) < 4.78 is 4.75. The Labute approximate surface area is 152 Å². The smallest absolute Gasteiger partial charge is 0.409 e. The van der Waals surface area contributed by atoms with Crippen LogP contribution in [-0.4, -0.2) is 49.7 Å². The molecule has 1 aromatic rings. The first-order valence-electron chi connectivity index (χ1n) is 8.57. The van der Waals surface area contributed by atoms with E-state index in [1.807, 2.05) is 18.2 Å². The summed E-state index contributed by atoms with van der Waals surface area (Å²) in [4.78, 5) is 29.6. The van der Waals surface area contributed by atoms with E-state index in [-0.39, 0.29) is 18.1 Å². The van der Waals surface area contributed by atoms with E-state index in [1.165, 1.54) is 19.6 Å². The predicted octanol–water partition coefficient (Wildman–Crippen LogP) is 1.92. The van der Waals surface area contributed by atoms with Crippen molar-refractivity contribution in [3.63, 3.8) is 0 Å². The van der Waals surface area contributed by atoms with E-state index in [9.17, 15) is 9.59 Å². The van der Waals surface area contributed by atoms with E-state index in [4.69, 9.17) is 9.57 Å². The molecule has 3 rings (SSSR count). The standard InChI is InChI=1S/C19H23N3O4/c1-13(23)20-12-17-11-18(21-26-17)16-5-3-14(4-6-16)15-7-9-22(10-8-15)19(24)25-2/h3-7,11,17,21H,8-10,12H2,1-2H3,(H,20,23). The van der Waals surface area contributed by atoms with Gasteiger partial charge in [-0.2, -0.15) is 0 Å². The minimum absolute atomic E-state index is 0.0775. The highest BCUT2D eigenvalue weighted by Crippen LogP contribution is 2.25. The van der Waals surface area contributed by atoms with Crippen molar-refractivity contribution in [1.82, 2.24) is 15.7 Å². The summed E-state index contributed by atoms with van der Waals surface area (Å²) in [7, 11) is 1.40. The van der Waals surface area contributed by atoms with Gasteiger partial charge >= 0.3 is 6.09 Å². The van der Waals surface area contributed by atoms with Crippen molar-refractivity contribution in [2.75, 3.05) is 26.7 Å². The number of carbonyl (C=O) groups excluding carboxylic acids is 2. The van der Waals surface area contributed by atoms with Gasteiger partial charge < -0.3 is 15.0 Å². The van der Waals surface area contributed by atoms with Gasteiger partial charge in [0.2, 0.25) is 5.91 Å². The molecule has 0 saturated heterocycles. The summed E-state index contributed by atoms with van der Waals surface area (Å²) in [5.74, 6) is -0.0775. The van der Waals surface area contributed by atoms with Crippen LogP contribution in [0.1, 0.15) is 24.5 Å². The van der Waals surface area contributed by atoms with Gasteiger partial charge in [0.25, 0.3) is 0 Å². The molecule has 0 aromatic heterocycles. The van der Waals surface area contributed by atoms with Crippen molar-refractivity contribution in [2.45, 2.75) is 19.4 Å². The molecule has 0 saturated carbocycles. The van der Waals surface area contributed by atoms with Gasteiger partial charge in [0.1, 0.15) is 6.10 Å². The Hall–Kier alpha value is -2.80. The predicted molar refractivity (Wildman–Crippen MR) is 97.7 cm³/mol. The first-order chi connectivity index (χ1) is 12.6. The van der Waals surface area contributed by atoms with Crippen LogP contribution in [0.25, 0.3) is 11.3 Å². The van der Waals surface area contributed by atoms with E-state index in [0.29, 0.717) is 19.6 Å². The van der Waals surface area contributed by atoms with Crippen LogP contribution in [0.2, 0.25) is 0 Å². The maximum absolute atomic E-state index is 11.5. The molecule has 7 heteroatoms. The molecule has 1 atom stereocenters. The normalized spacial score (nSPS) is 19.3. The molecule has 0 radical (unpaired) electrons. The molecule has 2 N–H and O–H groups in total. The van der Waals surface area contributed by atoms with Crippen LogP contribution in [0, 0.1) is 0 Å². The Kier molecular flexibility index (Phi) is 5.58. The zero-order chi connectivity index (χ0) is 18.5. The Morgan fingerprint density at radius 3 is 2.65 bits per heavy atom. The molecule has 26 heavy (non-hydrogen) atoms. The molecule has 2 amide bonds. The lowest BCUT2D eigenvalue weighted by Gasteiger charge is -2.25. The molecule has 2 aliphatic rings. The van der Waals surface area contributed by atoms with Gasteiger partial charge in [0, 0.05) is 20.0 Å². The SMILES string of the molecule is COC(=O)N1CC=C(c2ccc(C3=CC(CNC(C)=O)ON3)cc2)CC1. The van der Waals surface area contributed by atoms with Crippen molar-refractivity contribution in [2.24, 2.45) is 0 Å². The fourth-order valence-electron chi connectivity index (χ4n) is 2.98. The Morgan fingerprint density at radius 2 is 2.04 bits per heavy atom. The summed E-state index contributed by atoms with van der Waals surface area (Å²) in [5, 5.41) is 2.73. The zero-order valence-electron chi connectivity index (χ0n) is 15.0. The monoisotopic (exact) mass is 357 g/mol. The maximum Gasteiger partial charge on any atom is 0.409 e. The molecular formula is C19H23N3O4. The number of amides is 2. The number of nitrogens with one attached hydrogen (secondary N) is 2. The number of rotatable bonds is 4. The average Bonchev–Trinajstić information content (AvgIpc) is 3.15. The zero-order valence-corrected chi connectivity index (χ0v) is 15.0.